The van der Waals surface area contributed by atoms with Crippen LogP contribution >= 0.6 is 0 Å². The largest absolute Gasteiger partial charge is 0.460 e. The number of hydrogen-bond acceptors (Lipinski definition) is 3. The van der Waals surface area contributed by atoms with Gasteiger partial charge in [-0.05, 0) is 26.2 Å². The van der Waals surface area contributed by atoms with Crippen molar-refractivity contribution in [1.82, 2.24) is 0 Å². The Morgan fingerprint density at radius 3 is 2.19 bits per heavy atom. The minimum absolute atomic E-state index is 0.0180. The Hall–Kier alpha value is -1.09. The van der Waals surface area contributed by atoms with Gasteiger partial charge in [-0.3, -0.25) is 0 Å². The maximum atomic E-state index is 11.6. The molecule has 0 unspecified atom stereocenters. The van der Waals surface area contributed by atoms with E-state index in [4.69, 9.17) is 4.74 Å². The van der Waals surface area contributed by atoms with Gasteiger partial charge in [0.25, 0.3) is 0 Å². The van der Waals surface area contributed by atoms with E-state index >= 15 is 0 Å². The molecule has 0 saturated heterocycles. The average molecular weight is 294 g/mol. The minimum Gasteiger partial charge on any atom is -0.460 e. The van der Waals surface area contributed by atoms with Crippen LogP contribution in [0.4, 0.5) is 0 Å². The predicted molar refractivity (Wildman–Crippen MR) is 86.0 cm³/mol. The van der Waals surface area contributed by atoms with E-state index in [9.17, 15) is 9.90 Å². The fraction of sp³-hybridized carbons (Fsp3) is 0.722. The third-order valence-electron chi connectivity index (χ3n) is 3.85. The second-order valence-corrected chi connectivity index (χ2v) is 5.96. The molecule has 0 aliphatic carbocycles. The lowest BCUT2D eigenvalue weighted by atomic mass is 10.0. The van der Waals surface area contributed by atoms with E-state index in [1.165, 1.54) is 44.6 Å². The lowest BCUT2D eigenvalue weighted by Gasteiger charge is -2.11. The zero-order valence-electron chi connectivity index (χ0n) is 13.3. The molecule has 0 aromatic heterocycles. The summed E-state index contributed by atoms with van der Waals surface area (Å²) < 4.78 is 5.30. The summed E-state index contributed by atoms with van der Waals surface area (Å²) in [6.07, 6.45) is 17.6. The van der Waals surface area contributed by atoms with Crippen molar-refractivity contribution in [2.45, 2.75) is 83.3 Å². The number of esters is 1. The van der Waals surface area contributed by atoms with E-state index in [1.54, 1.807) is 18.2 Å². The lowest BCUT2D eigenvalue weighted by Crippen LogP contribution is -2.12. The molecule has 1 aliphatic rings. The first-order valence-electron chi connectivity index (χ1n) is 8.42. The van der Waals surface area contributed by atoms with Crippen molar-refractivity contribution < 1.29 is 14.6 Å². The number of cyclic esters (lactones) is 1. The molecule has 0 bridgehead atoms. The summed E-state index contributed by atoms with van der Waals surface area (Å²) in [6, 6.07) is 0. The van der Waals surface area contributed by atoms with E-state index < -0.39 is 6.10 Å². The van der Waals surface area contributed by atoms with Crippen LogP contribution in [0.25, 0.3) is 0 Å². The van der Waals surface area contributed by atoms with Crippen LogP contribution < -0.4 is 0 Å². The number of allylic oxidation sites excluding steroid dienone is 2. The van der Waals surface area contributed by atoms with Gasteiger partial charge in [0.15, 0.2) is 0 Å². The zero-order chi connectivity index (χ0) is 15.3. The van der Waals surface area contributed by atoms with Crippen molar-refractivity contribution in [1.29, 1.82) is 0 Å². The highest BCUT2D eigenvalue weighted by Crippen LogP contribution is 2.13. The molecular formula is C18H30O3. The number of aliphatic hydroxyl groups is 1. The van der Waals surface area contributed by atoms with Gasteiger partial charge in [-0.1, -0.05) is 63.2 Å². The zero-order valence-corrected chi connectivity index (χ0v) is 13.3. The summed E-state index contributed by atoms with van der Waals surface area (Å²) in [5.41, 5.74) is 0. The first-order chi connectivity index (χ1) is 10.2. The number of carbonyl (C=O) groups is 1. The number of hydrogen-bond donors (Lipinski definition) is 1. The van der Waals surface area contributed by atoms with Gasteiger partial charge in [0, 0.05) is 6.08 Å². The first-order valence-corrected chi connectivity index (χ1v) is 8.42. The summed E-state index contributed by atoms with van der Waals surface area (Å²) in [4.78, 5) is 11.6. The predicted octanol–water partition coefficient (Wildman–Crippen LogP) is 4.31. The molecule has 0 saturated carbocycles. The molecule has 2 atom stereocenters. The van der Waals surface area contributed by atoms with Crippen LogP contribution in [0.15, 0.2) is 24.3 Å². The molecule has 3 nitrogen and oxygen atoms in total. The highest BCUT2D eigenvalue weighted by molar-refractivity contribution is 5.82. The number of aliphatic hydroxyl groups excluding tert-OH is 1. The Morgan fingerprint density at radius 1 is 0.952 bits per heavy atom. The molecule has 0 aromatic rings. The molecule has 120 valence electrons. The van der Waals surface area contributed by atoms with Gasteiger partial charge in [0.2, 0.25) is 0 Å². The van der Waals surface area contributed by atoms with Crippen molar-refractivity contribution in [3.8, 4) is 0 Å². The van der Waals surface area contributed by atoms with Crippen LogP contribution in [-0.4, -0.2) is 23.3 Å². The maximum absolute atomic E-state index is 11.6. The SMILES string of the molecule is C[C@H]1CCCCCCCCCC[C@H](O)/C=C/C=C/C(=O)O1. The Balaban J connectivity index is 2.43. The summed E-state index contributed by atoms with van der Waals surface area (Å²) >= 11 is 0. The number of ether oxygens (including phenoxy) is 1. The smallest absolute Gasteiger partial charge is 0.331 e. The normalized spacial score (nSPS) is 30.7. The van der Waals surface area contributed by atoms with Crippen molar-refractivity contribution in [3.05, 3.63) is 24.3 Å². The summed E-state index contributed by atoms with van der Waals surface area (Å²) in [5, 5.41) is 9.77. The van der Waals surface area contributed by atoms with Crippen molar-refractivity contribution in [3.63, 3.8) is 0 Å². The molecule has 1 rings (SSSR count). The molecular weight excluding hydrogens is 264 g/mol. The second-order valence-electron chi connectivity index (χ2n) is 5.96. The van der Waals surface area contributed by atoms with Crippen molar-refractivity contribution in [2.75, 3.05) is 0 Å². The molecule has 0 fully saturated rings. The molecule has 1 heterocycles. The molecule has 0 spiro atoms. The third-order valence-corrected chi connectivity index (χ3v) is 3.85. The second kappa shape index (κ2) is 11.6. The summed E-state index contributed by atoms with van der Waals surface area (Å²) in [6.45, 7) is 1.95. The maximum Gasteiger partial charge on any atom is 0.331 e. The minimum atomic E-state index is -0.413. The van der Waals surface area contributed by atoms with Gasteiger partial charge in [-0.2, -0.15) is 0 Å². The van der Waals surface area contributed by atoms with E-state index in [-0.39, 0.29) is 12.1 Å². The monoisotopic (exact) mass is 294 g/mol. The molecule has 1 aliphatic heterocycles. The Labute approximate surface area is 129 Å². The van der Waals surface area contributed by atoms with Crippen LogP contribution in [0.1, 0.15) is 71.1 Å². The fourth-order valence-electron chi connectivity index (χ4n) is 2.57. The lowest BCUT2D eigenvalue weighted by molar-refractivity contribution is -0.142. The molecule has 3 heteroatoms. The summed E-state index contributed by atoms with van der Waals surface area (Å²) in [5.74, 6) is -0.303. The summed E-state index contributed by atoms with van der Waals surface area (Å²) in [7, 11) is 0. The Kier molecular flexibility index (Phi) is 9.88. The molecule has 0 amide bonds. The van der Waals surface area contributed by atoms with Crippen LogP contribution in [0.5, 0.6) is 0 Å². The van der Waals surface area contributed by atoms with Gasteiger partial charge >= 0.3 is 5.97 Å². The highest BCUT2D eigenvalue weighted by atomic mass is 16.5. The van der Waals surface area contributed by atoms with E-state index in [0.29, 0.717) is 0 Å². The van der Waals surface area contributed by atoms with E-state index in [1.807, 2.05) is 6.92 Å². The number of rotatable bonds is 0. The van der Waals surface area contributed by atoms with Gasteiger partial charge in [-0.15, -0.1) is 0 Å². The van der Waals surface area contributed by atoms with Crippen molar-refractivity contribution in [2.24, 2.45) is 0 Å². The Morgan fingerprint density at radius 2 is 1.52 bits per heavy atom. The standard InChI is InChI=1S/C18H30O3/c1-16-12-8-6-4-2-3-5-7-9-13-17(19)14-10-11-15-18(20)21-16/h10-11,14-17,19H,2-9,12-13H2,1H3/b14-10+,15-11+/t16-,17-/m0/s1. The van der Waals surface area contributed by atoms with Crippen LogP contribution in [0.2, 0.25) is 0 Å². The van der Waals surface area contributed by atoms with E-state index in [0.717, 1.165) is 25.7 Å². The fourth-order valence-corrected chi connectivity index (χ4v) is 2.57. The van der Waals surface area contributed by atoms with Gasteiger partial charge in [-0.25, -0.2) is 4.79 Å². The van der Waals surface area contributed by atoms with Crippen LogP contribution in [0.3, 0.4) is 0 Å². The number of carbonyl (C=O) groups excluding carboxylic acids is 1. The van der Waals surface area contributed by atoms with E-state index in [2.05, 4.69) is 0 Å². The van der Waals surface area contributed by atoms with Crippen LogP contribution in [-0.2, 0) is 9.53 Å². The first kappa shape index (κ1) is 18.0. The third kappa shape index (κ3) is 10.3. The molecule has 0 aromatic carbocycles. The van der Waals surface area contributed by atoms with Gasteiger partial charge in [0.05, 0.1) is 12.2 Å². The van der Waals surface area contributed by atoms with Gasteiger partial charge in [0.1, 0.15) is 0 Å². The average Bonchev–Trinajstić information content (AvgIpc) is 2.44. The molecule has 21 heavy (non-hydrogen) atoms. The van der Waals surface area contributed by atoms with Crippen LogP contribution in [0, 0.1) is 0 Å². The Bertz CT molecular complexity index is 333. The molecule has 0 radical (unpaired) electrons. The molecule has 1 N–H and O–H groups in total. The van der Waals surface area contributed by atoms with Crippen molar-refractivity contribution >= 4 is 5.97 Å². The topological polar surface area (TPSA) is 46.5 Å². The quantitative estimate of drug-likeness (QED) is 0.677. The van der Waals surface area contributed by atoms with Gasteiger partial charge < -0.3 is 9.84 Å². The highest BCUT2D eigenvalue weighted by Gasteiger charge is 2.06.